The maximum absolute atomic E-state index is 5.38. The lowest BCUT2D eigenvalue weighted by molar-refractivity contribution is 0.664. The molecule has 0 saturated heterocycles. The molecule has 0 saturated carbocycles. The van der Waals surface area contributed by atoms with Gasteiger partial charge in [-0.25, -0.2) is 4.99 Å². The van der Waals surface area contributed by atoms with Gasteiger partial charge in [-0.15, -0.1) is 0 Å². The monoisotopic (exact) mass is 420 g/mol. The third-order valence-corrected chi connectivity index (χ3v) is 5.27. The lowest BCUT2D eigenvalue weighted by atomic mass is 9.95. The van der Waals surface area contributed by atoms with Gasteiger partial charge in [0.2, 0.25) is 0 Å². The number of hydrogen-bond donors (Lipinski definition) is 1. The van der Waals surface area contributed by atoms with Gasteiger partial charge in [0.15, 0.2) is 5.11 Å². The maximum Gasteiger partial charge on any atom is 0.193 e. The molecule has 26 heavy (non-hydrogen) atoms. The topological polar surface area (TPSA) is 24.4 Å². The van der Waals surface area contributed by atoms with Crippen LogP contribution in [0.1, 0.15) is 23.6 Å². The summed E-state index contributed by atoms with van der Waals surface area (Å²) in [6, 6.07) is 27.4. The van der Waals surface area contributed by atoms with Crippen LogP contribution in [0, 0.1) is 0 Å². The van der Waals surface area contributed by atoms with Crippen molar-refractivity contribution in [3.63, 3.8) is 0 Å². The molecular weight excluding hydrogens is 404 g/mol. The van der Waals surface area contributed by atoms with Crippen LogP contribution in [0.5, 0.6) is 0 Å². The molecule has 4 rings (SSSR count). The van der Waals surface area contributed by atoms with Gasteiger partial charge in [-0.05, 0) is 46.6 Å². The fraction of sp³-hybridized carbons (Fsp3) is 0.0909. The molecule has 1 unspecified atom stereocenters. The molecule has 2 nitrogen and oxygen atoms in total. The van der Waals surface area contributed by atoms with E-state index in [-0.39, 0.29) is 6.04 Å². The Balaban J connectivity index is 1.58. The van der Waals surface area contributed by atoms with Crippen LogP contribution in [0.4, 0.5) is 0 Å². The van der Waals surface area contributed by atoms with E-state index in [2.05, 4.69) is 99.0 Å². The van der Waals surface area contributed by atoms with Crippen molar-refractivity contribution in [1.29, 1.82) is 0 Å². The number of nitrogens with one attached hydrogen (secondary N) is 1. The van der Waals surface area contributed by atoms with Gasteiger partial charge in [-0.2, -0.15) is 0 Å². The Hall–Kier alpha value is -2.30. The Labute approximate surface area is 167 Å². The van der Waals surface area contributed by atoms with Crippen LogP contribution in [0.2, 0.25) is 0 Å². The van der Waals surface area contributed by atoms with E-state index in [1.165, 1.54) is 16.7 Å². The fourth-order valence-electron chi connectivity index (χ4n) is 3.16. The van der Waals surface area contributed by atoms with Crippen LogP contribution in [0.15, 0.2) is 88.3 Å². The van der Waals surface area contributed by atoms with Gasteiger partial charge in [0.25, 0.3) is 0 Å². The zero-order chi connectivity index (χ0) is 17.9. The van der Waals surface area contributed by atoms with E-state index in [0.717, 1.165) is 22.2 Å². The second-order valence-corrected chi connectivity index (χ2v) is 7.56. The van der Waals surface area contributed by atoms with Gasteiger partial charge < -0.3 is 5.32 Å². The highest BCUT2D eigenvalue weighted by molar-refractivity contribution is 9.10. The van der Waals surface area contributed by atoms with Gasteiger partial charge in [0.05, 0.1) is 11.8 Å². The van der Waals surface area contributed by atoms with Crippen molar-refractivity contribution in [2.75, 3.05) is 0 Å². The van der Waals surface area contributed by atoms with Crippen LogP contribution in [0.25, 0.3) is 11.1 Å². The number of aliphatic imine (C=N–C) groups is 1. The van der Waals surface area contributed by atoms with E-state index in [4.69, 9.17) is 12.2 Å². The maximum atomic E-state index is 5.38. The lowest BCUT2D eigenvalue weighted by Crippen LogP contribution is -2.33. The number of nitrogens with zero attached hydrogens (tertiary/aromatic N) is 1. The molecule has 0 spiro atoms. The predicted octanol–water partition coefficient (Wildman–Crippen LogP) is 5.92. The third-order valence-electron chi connectivity index (χ3n) is 4.53. The highest BCUT2D eigenvalue weighted by atomic mass is 79.9. The van der Waals surface area contributed by atoms with Crippen molar-refractivity contribution in [2.45, 2.75) is 12.5 Å². The van der Waals surface area contributed by atoms with Crippen molar-refractivity contribution >= 4 is 39.0 Å². The molecule has 0 bridgehead atoms. The first-order valence-electron chi connectivity index (χ1n) is 8.48. The van der Waals surface area contributed by atoms with Crippen molar-refractivity contribution in [1.82, 2.24) is 5.32 Å². The van der Waals surface area contributed by atoms with Crippen LogP contribution in [-0.4, -0.2) is 10.8 Å². The summed E-state index contributed by atoms with van der Waals surface area (Å²) >= 11 is 8.87. The first kappa shape index (κ1) is 17.1. The molecule has 3 aromatic carbocycles. The average molecular weight is 421 g/mol. The first-order chi connectivity index (χ1) is 12.7. The fourth-order valence-corrected chi connectivity index (χ4v) is 3.68. The molecule has 1 heterocycles. The van der Waals surface area contributed by atoms with E-state index in [0.29, 0.717) is 5.11 Å². The average Bonchev–Trinajstić information content (AvgIpc) is 2.69. The van der Waals surface area contributed by atoms with Crippen molar-refractivity contribution < 1.29 is 0 Å². The molecule has 1 aliphatic rings. The minimum absolute atomic E-state index is 0.150. The molecule has 128 valence electrons. The summed E-state index contributed by atoms with van der Waals surface area (Å²) in [4.78, 5) is 4.58. The predicted molar refractivity (Wildman–Crippen MR) is 116 cm³/mol. The van der Waals surface area contributed by atoms with E-state index < -0.39 is 0 Å². The lowest BCUT2D eigenvalue weighted by Gasteiger charge is -2.25. The van der Waals surface area contributed by atoms with Gasteiger partial charge in [0.1, 0.15) is 0 Å². The number of thiocarbonyl (C=S) groups is 1. The summed E-state index contributed by atoms with van der Waals surface area (Å²) in [7, 11) is 0. The Morgan fingerprint density at radius 3 is 2.12 bits per heavy atom. The van der Waals surface area contributed by atoms with Gasteiger partial charge in [0, 0.05) is 10.9 Å². The highest BCUT2D eigenvalue weighted by Gasteiger charge is 2.21. The second kappa shape index (κ2) is 7.52. The summed E-state index contributed by atoms with van der Waals surface area (Å²) in [5.74, 6) is 0. The summed E-state index contributed by atoms with van der Waals surface area (Å²) in [5, 5.41) is 3.87. The first-order valence-corrected chi connectivity index (χ1v) is 9.68. The number of rotatable bonds is 3. The molecule has 3 aromatic rings. The molecule has 0 aliphatic carbocycles. The molecule has 0 amide bonds. The van der Waals surface area contributed by atoms with Gasteiger partial charge in [-0.3, -0.25) is 0 Å². The molecule has 0 aromatic heterocycles. The second-order valence-electron chi connectivity index (χ2n) is 6.26. The summed E-state index contributed by atoms with van der Waals surface area (Å²) in [6.07, 6.45) is 0.812. The number of halogens is 1. The van der Waals surface area contributed by atoms with Gasteiger partial charge >= 0.3 is 0 Å². The number of benzene rings is 3. The molecule has 4 heteroatoms. The summed E-state index contributed by atoms with van der Waals surface area (Å²) in [6.45, 7) is 0. The Morgan fingerprint density at radius 1 is 0.808 bits per heavy atom. The molecular formula is C22H17BrN2S. The normalized spacial score (nSPS) is 16.7. The van der Waals surface area contributed by atoms with E-state index in [1.54, 1.807) is 0 Å². The van der Waals surface area contributed by atoms with Crippen molar-refractivity contribution in [2.24, 2.45) is 4.99 Å². The molecule has 0 radical (unpaired) electrons. The third kappa shape index (κ3) is 3.76. The Bertz CT molecular complexity index is 948. The quantitative estimate of drug-likeness (QED) is 0.531. The highest BCUT2D eigenvalue weighted by Crippen LogP contribution is 2.26. The van der Waals surface area contributed by atoms with Gasteiger partial charge in [-0.1, -0.05) is 82.7 Å². The smallest absolute Gasteiger partial charge is 0.193 e. The van der Waals surface area contributed by atoms with Crippen molar-refractivity contribution in [3.8, 4) is 11.1 Å². The van der Waals surface area contributed by atoms with E-state index >= 15 is 0 Å². The minimum atomic E-state index is 0.150. The van der Waals surface area contributed by atoms with Crippen LogP contribution >= 0.6 is 28.1 Å². The molecule has 1 N–H and O–H groups in total. The molecule has 1 atom stereocenters. The summed E-state index contributed by atoms with van der Waals surface area (Å²) in [5.41, 5.74) is 5.78. The van der Waals surface area contributed by atoms with Crippen molar-refractivity contribution in [3.05, 3.63) is 94.5 Å². The zero-order valence-corrected chi connectivity index (χ0v) is 16.4. The molecule has 1 aliphatic heterocycles. The SMILES string of the molecule is S=C1N=C(c2ccc(-c3ccccc3)cc2)CC(c2ccc(Br)cc2)N1. The zero-order valence-electron chi connectivity index (χ0n) is 14.0. The summed E-state index contributed by atoms with van der Waals surface area (Å²) < 4.78 is 1.07. The van der Waals surface area contributed by atoms with E-state index in [1.807, 2.05) is 6.07 Å². The van der Waals surface area contributed by atoms with Crippen LogP contribution in [0.3, 0.4) is 0 Å². The van der Waals surface area contributed by atoms with Crippen LogP contribution in [-0.2, 0) is 0 Å². The molecule has 0 fully saturated rings. The largest absolute Gasteiger partial charge is 0.354 e. The standard InChI is InChI=1S/C22H17BrN2S/c23-19-12-10-18(11-13-19)21-14-20(24-22(26)25-21)17-8-6-16(7-9-17)15-4-2-1-3-5-15/h1-13,21H,14H2,(H,25,26). The Kier molecular flexibility index (Phi) is 4.96. The number of hydrogen-bond acceptors (Lipinski definition) is 1. The Morgan fingerprint density at radius 2 is 1.42 bits per heavy atom. The van der Waals surface area contributed by atoms with Crippen LogP contribution < -0.4 is 5.32 Å². The minimum Gasteiger partial charge on any atom is -0.354 e. The van der Waals surface area contributed by atoms with E-state index in [9.17, 15) is 0 Å².